The van der Waals surface area contributed by atoms with Crippen LogP contribution >= 0.6 is 15.9 Å². The molecule has 2 aliphatic heterocycles. The van der Waals surface area contributed by atoms with Gasteiger partial charge in [0.25, 0.3) is 0 Å². The fourth-order valence-electron chi connectivity index (χ4n) is 3.28. The van der Waals surface area contributed by atoms with Gasteiger partial charge in [0, 0.05) is 30.6 Å². The summed E-state index contributed by atoms with van der Waals surface area (Å²) >= 11 is 3.25. The molecule has 18 heavy (non-hydrogen) atoms. The molecule has 2 heterocycles. The summed E-state index contributed by atoms with van der Waals surface area (Å²) in [6, 6.07) is 4.04. The van der Waals surface area contributed by atoms with E-state index in [4.69, 9.17) is 0 Å². The molecule has 0 aliphatic carbocycles. The van der Waals surface area contributed by atoms with Gasteiger partial charge in [-0.3, -0.25) is 4.79 Å². The molecule has 4 heteroatoms. The van der Waals surface area contributed by atoms with Gasteiger partial charge in [0.2, 0.25) is 0 Å². The van der Waals surface area contributed by atoms with E-state index in [1.807, 2.05) is 13.0 Å². The van der Waals surface area contributed by atoms with Crippen LogP contribution in [0.4, 0.5) is 10.1 Å². The van der Waals surface area contributed by atoms with Crippen LogP contribution < -0.4 is 4.90 Å². The molecule has 2 fully saturated rings. The predicted octanol–water partition coefficient (Wildman–Crippen LogP) is 3.60. The van der Waals surface area contributed by atoms with Crippen LogP contribution in [0.3, 0.4) is 0 Å². The van der Waals surface area contributed by atoms with E-state index in [2.05, 4.69) is 20.8 Å². The molecule has 96 valence electrons. The fraction of sp³-hybridized carbons (Fsp3) is 0.500. The maximum atomic E-state index is 13.5. The van der Waals surface area contributed by atoms with Crippen molar-refractivity contribution in [2.75, 3.05) is 4.90 Å². The van der Waals surface area contributed by atoms with E-state index < -0.39 is 0 Å². The molecule has 1 aromatic rings. The molecule has 0 spiro atoms. The van der Waals surface area contributed by atoms with Crippen LogP contribution in [0.2, 0.25) is 0 Å². The molecule has 2 aliphatic rings. The third-order valence-electron chi connectivity index (χ3n) is 4.06. The number of Topliss-reactive ketones (excluding diaryl/α,β-unsaturated/α-hetero) is 1. The van der Waals surface area contributed by atoms with Crippen molar-refractivity contribution in [3.8, 4) is 0 Å². The number of nitrogens with zero attached hydrogens (tertiary/aromatic N) is 1. The Hall–Kier alpha value is -0.900. The molecule has 3 rings (SSSR count). The van der Waals surface area contributed by atoms with Crippen LogP contribution in [-0.4, -0.2) is 17.9 Å². The van der Waals surface area contributed by atoms with Crippen molar-refractivity contribution in [1.29, 1.82) is 0 Å². The molecule has 0 amide bonds. The number of ketones is 1. The smallest absolute Gasteiger partial charge is 0.137 e. The van der Waals surface area contributed by atoms with Crippen molar-refractivity contribution in [3.05, 3.63) is 28.0 Å². The lowest BCUT2D eigenvalue weighted by Gasteiger charge is -2.37. The molecule has 0 saturated carbocycles. The Bertz CT molecular complexity index is 501. The van der Waals surface area contributed by atoms with Gasteiger partial charge in [0.05, 0.1) is 4.47 Å². The van der Waals surface area contributed by atoms with Crippen LogP contribution in [0.15, 0.2) is 16.6 Å². The maximum absolute atomic E-state index is 13.5. The summed E-state index contributed by atoms with van der Waals surface area (Å²) in [5.41, 5.74) is 2.02. The minimum Gasteiger partial charge on any atom is -0.364 e. The normalized spacial score (nSPS) is 26.8. The van der Waals surface area contributed by atoms with E-state index in [-0.39, 0.29) is 5.82 Å². The molecule has 0 radical (unpaired) electrons. The van der Waals surface area contributed by atoms with Gasteiger partial charge >= 0.3 is 0 Å². The Labute approximate surface area is 114 Å². The monoisotopic (exact) mass is 311 g/mol. The molecule has 1 aromatic carbocycles. The number of hydrogen-bond acceptors (Lipinski definition) is 2. The molecular weight excluding hydrogens is 297 g/mol. The highest BCUT2D eigenvalue weighted by atomic mass is 79.9. The van der Waals surface area contributed by atoms with Crippen molar-refractivity contribution in [2.45, 2.75) is 44.7 Å². The standard InChI is InChI=1S/C14H15BrFNO/c1-8-4-13(16)12(15)7-14(8)17-9-2-3-10(17)6-11(18)5-9/h4,7,9-10H,2-3,5-6H2,1H3. The first-order chi connectivity index (χ1) is 8.56. The van der Waals surface area contributed by atoms with Crippen molar-refractivity contribution in [2.24, 2.45) is 0 Å². The van der Waals surface area contributed by atoms with Crippen LogP contribution in [0, 0.1) is 12.7 Å². The number of rotatable bonds is 1. The van der Waals surface area contributed by atoms with Crippen molar-refractivity contribution >= 4 is 27.4 Å². The van der Waals surface area contributed by atoms with Gasteiger partial charge in [-0.1, -0.05) is 0 Å². The zero-order chi connectivity index (χ0) is 12.9. The number of carbonyl (C=O) groups is 1. The number of halogens is 2. The fourth-order valence-corrected chi connectivity index (χ4v) is 3.61. The molecular formula is C14H15BrFNO. The Morgan fingerprint density at radius 2 is 1.89 bits per heavy atom. The van der Waals surface area contributed by atoms with Crippen molar-refractivity contribution in [1.82, 2.24) is 0 Å². The first-order valence-electron chi connectivity index (χ1n) is 6.32. The van der Waals surface area contributed by atoms with E-state index in [1.54, 1.807) is 6.07 Å². The molecule has 2 nitrogen and oxygen atoms in total. The number of carbonyl (C=O) groups excluding carboxylic acids is 1. The first kappa shape index (κ1) is 12.2. The number of aryl methyl sites for hydroxylation is 1. The Morgan fingerprint density at radius 1 is 1.28 bits per heavy atom. The topological polar surface area (TPSA) is 20.3 Å². The number of anilines is 1. The van der Waals surface area contributed by atoms with Crippen molar-refractivity contribution < 1.29 is 9.18 Å². The molecule has 2 bridgehead atoms. The van der Waals surface area contributed by atoms with Gasteiger partial charge in [-0.25, -0.2) is 4.39 Å². The average molecular weight is 312 g/mol. The van der Waals surface area contributed by atoms with Crippen LogP contribution in [0.5, 0.6) is 0 Å². The third kappa shape index (κ3) is 1.87. The minimum absolute atomic E-state index is 0.225. The summed E-state index contributed by atoms with van der Waals surface area (Å²) < 4.78 is 14.0. The Morgan fingerprint density at radius 3 is 2.50 bits per heavy atom. The highest BCUT2D eigenvalue weighted by Gasteiger charge is 2.40. The van der Waals surface area contributed by atoms with Crippen molar-refractivity contribution in [3.63, 3.8) is 0 Å². The van der Waals surface area contributed by atoms with E-state index in [0.717, 1.165) is 24.1 Å². The van der Waals surface area contributed by atoms with Crippen LogP contribution in [0.1, 0.15) is 31.2 Å². The minimum atomic E-state index is -0.225. The van der Waals surface area contributed by atoms with Gasteiger partial charge in [-0.15, -0.1) is 0 Å². The molecule has 2 atom stereocenters. The lowest BCUT2D eigenvalue weighted by atomic mass is 9.99. The number of hydrogen-bond donors (Lipinski definition) is 0. The van der Waals surface area contributed by atoms with E-state index in [9.17, 15) is 9.18 Å². The third-order valence-corrected chi connectivity index (χ3v) is 4.67. The average Bonchev–Trinajstić information content (AvgIpc) is 2.56. The van der Waals surface area contributed by atoms with Gasteiger partial charge in [-0.2, -0.15) is 0 Å². The number of fused-ring (bicyclic) bond motifs is 2. The summed E-state index contributed by atoms with van der Waals surface area (Å²) in [5, 5.41) is 0. The quantitative estimate of drug-likeness (QED) is 0.790. The molecule has 2 unspecified atom stereocenters. The second-order valence-corrected chi connectivity index (χ2v) is 6.15. The largest absolute Gasteiger partial charge is 0.364 e. The second kappa shape index (κ2) is 4.34. The summed E-state index contributed by atoms with van der Waals surface area (Å²) in [7, 11) is 0. The SMILES string of the molecule is Cc1cc(F)c(Br)cc1N1C2CCC1CC(=O)C2. The highest BCUT2D eigenvalue weighted by molar-refractivity contribution is 9.10. The zero-order valence-electron chi connectivity index (χ0n) is 10.2. The number of benzene rings is 1. The van der Waals surface area contributed by atoms with Gasteiger partial charge < -0.3 is 4.90 Å². The lowest BCUT2D eigenvalue weighted by Crippen LogP contribution is -2.43. The Balaban J connectivity index is 2.01. The van der Waals surface area contributed by atoms with E-state index in [0.29, 0.717) is 35.2 Å². The summed E-state index contributed by atoms with van der Waals surface area (Å²) in [4.78, 5) is 13.9. The van der Waals surface area contributed by atoms with Crippen LogP contribution in [-0.2, 0) is 4.79 Å². The van der Waals surface area contributed by atoms with Gasteiger partial charge in [-0.05, 0) is 53.4 Å². The molecule has 2 saturated heterocycles. The summed E-state index contributed by atoms with van der Waals surface area (Å²) in [6.45, 7) is 1.93. The summed E-state index contributed by atoms with van der Waals surface area (Å²) in [5.74, 6) is 0.147. The predicted molar refractivity (Wildman–Crippen MR) is 72.4 cm³/mol. The first-order valence-corrected chi connectivity index (χ1v) is 7.11. The Kier molecular flexibility index (Phi) is 2.93. The molecule has 0 aromatic heterocycles. The summed E-state index contributed by atoms with van der Waals surface area (Å²) in [6.07, 6.45) is 3.44. The van der Waals surface area contributed by atoms with Gasteiger partial charge in [0.1, 0.15) is 11.6 Å². The van der Waals surface area contributed by atoms with Gasteiger partial charge in [0.15, 0.2) is 0 Å². The zero-order valence-corrected chi connectivity index (χ0v) is 11.8. The maximum Gasteiger partial charge on any atom is 0.137 e. The van der Waals surface area contributed by atoms with Crippen LogP contribution in [0.25, 0.3) is 0 Å². The van der Waals surface area contributed by atoms with E-state index >= 15 is 0 Å². The molecule has 0 N–H and O–H groups in total. The second-order valence-electron chi connectivity index (χ2n) is 5.29. The highest BCUT2D eigenvalue weighted by Crippen LogP contribution is 2.40. The lowest BCUT2D eigenvalue weighted by molar-refractivity contribution is -0.120. The number of piperidine rings is 1. The van der Waals surface area contributed by atoms with E-state index in [1.165, 1.54) is 0 Å².